The van der Waals surface area contributed by atoms with Gasteiger partial charge < -0.3 is 10.2 Å². The van der Waals surface area contributed by atoms with Gasteiger partial charge in [0.05, 0.1) is 0 Å². The van der Waals surface area contributed by atoms with Crippen LogP contribution in [0.1, 0.15) is 13.3 Å². The molecule has 1 rings (SSSR count). The zero-order chi connectivity index (χ0) is 10.6. The van der Waals surface area contributed by atoms with Gasteiger partial charge in [-0.2, -0.15) is 0 Å². The first-order valence-corrected chi connectivity index (χ1v) is 4.93. The van der Waals surface area contributed by atoms with Crippen LogP contribution in [0.3, 0.4) is 0 Å². The highest BCUT2D eigenvalue weighted by Gasteiger charge is 2.32. The SMILES string of the molecule is CCNCCCN1C(=O)CN(C)C1=O. The summed E-state index contributed by atoms with van der Waals surface area (Å²) in [5, 5.41) is 3.15. The molecule has 0 unspecified atom stereocenters. The molecule has 0 aromatic rings. The van der Waals surface area contributed by atoms with Crippen LogP contribution in [0.15, 0.2) is 0 Å². The van der Waals surface area contributed by atoms with Gasteiger partial charge in [-0.1, -0.05) is 6.92 Å². The van der Waals surface area contributed by atoms with Gasteiger partial charge in [-0.25, -0.2) is 4.79 Å². The minimum atomic E-state index is -0.175. The highest BCUT2D eigenvalue weighted by molar-refractivity contribution is 6.01. The van der Waals surface area contributed by atoms with E-state index < -0.39 is 0 Å². The number of likely N-dealkylation sites (N-methyl/N-ethyl adjacent to an activating group) is 1. The van der Waals surface area contributed by atoms with E-state index in [4.69, 9.17) is 0 Å². The third kappa shape index (κ3) is 2.45. The Balaban J connectivity index is 2.30. The molecule has 5 heteroatoms. The fourth-order valence-corrected chi connectivity index (χ4v) is 1.43. The van der Waals surface area contributed by atoms with Crippen LogP contribution in [0.4, 0.5) is 4.79 Å². The van der Waals surface area contributed by atoms with Gasteiger partial charge in [-0.3, -0.25) is 9.69 Å². The van der Waals surface area contributed by atoms with Crippen molar-refractivity contribution >= 4 is 11.9 Å². The summed E-state index contributed by atoms with van der Waals surface area (Å²) in [5.74, 6) is -0.0889. The second-order valence-electron chi connectivity index (χ2n) is 3.39. The lowest BCUT2D eigenvalue weighted by Crippen LogP contribution is -2.33. The van der Waals surface area contributed by atoms with Crippen molar-refractivity contribution in [1.82, 2.24) is 15.1 Å². The smallest absolute Gasteiger partial charge is 0.318 e. The summed E-state index contributed by atoms with van der Waals surface area (Å²) < 4.78 is 0. The molecule has 1 heterocycles. The Morgan fingerprint density at radius 3 is 2.64 bits per heavy atom. The highest BCUT2D eigenvalue weighted by Crippen LogP contribution is 2.07. The first-order valence-electron chi connectivity index (χ1n) is 4.93. The first-order chi connectivity index (χ1) is 6.66. The standard InChI is InChI=1S/C9H17N3O2/c1-3-10-5-4-6-12-8(13)7-11(2)9(12)14/h10H,3-7H2,1-2H3. The predicted molar refractivity (Wildman–Crippen MR) is 52.9 cm³/mol. The highest BCUT2D eigenvalue weighted by atomic mass is 16.2. The van der Waals surface area contributed by atoms with Crippen molar-refractivity contribution in [3.63, 3.8) is 0 Å². The summed E-state index contributed by atoms with van der Waals surface area (Å²) in [5.41, 5.74) is 0. The molecule has 14 heavy (non-hydrogen) atoms. The number of nitrogens with zero attached hydrogens (tertiary/aromatic N) is 2. The summed E-state index contributed by atoms with van der Waals surface area (Å²) in [7, 11) is 1.64. The second-order valence-corrected chi connectivity index (χ2v) is 3.39. The van der Waals surface area contributed by atoms with Crippen molar-refractivity contribution in [2.75, 3.05) is 33.2 Å². The van der Waals surface area contributed by atoms with E-state index in [-0.39, 0.29) is 18.5 Å². The number of imide groups is 1. The first kappa shape index (κ1) is 11.0. The van der Waals surface area contributed by atoms with Crippen molar-refractivity contribution < 1.29 is 9.59 Å². The van der Waals surface area contributed by atoms with Gasteiger partial charge in [-0.15, -0.1) is 0 Å². The quantitative estimate of drug-likeness (QED) is 0.496. The number of amides is 3. The van der Waals surface area contributed by atoms with E-state index in [0.29, 0.717) is 6.54 Å². The molecule has 1 aliphatic heterocycles. The van der Waals surface area contributed by atoms with Gasteiger partial charge in [0.2, 0.25) is 5.91 Å². The van der Waals surface area contributed by atoms with E-state index in [1.165, 1.54) is 9.80 Å². The van der Waals surface area contributed by atoms with Crippen LogP contribution in [0, 0.1) is 0 Å². The average molecular weight is 199 g/mol. The van der Waals surface area contributed by atoms with Gasteiger partial charge in [0.1, 0.15) is 6.54 Å². The second kappa shape index (κ2) is 4.95. The third-order valence-corrected chi connectivity index (χ3v) is 2.22. The van der Waals surface area contributed by atoms with Gasteiger partial charge in [0.15, 0.2) is 0 Å². The average Bonchev–Trinajstić information content (AvgIpc) is 2.38. The fourth-order valence-electron chi connectivity index (χ4n) is 1.43. The number of carbonyl (C=O) groups excluding carboxylic acids is 2. The maximum Gasteiger partial charge on any atom is 0.326 e. The molecule has 0 bridgehead atoms. The molecule has 0 saturated carbocycles. The Morgan fingerprint density at radius 2 is 2.14 bits per heavy atom. The van der Waals surface area contributed by atoms with Crippen molar-refractivity contribution in [2.24, 2.45) is 0 Å². The molecule has 0 aromatic carbocycles. The van der Waals surface area contributed by atoms with E-state index in [9.17, 15) is 9.59 Å². The summed E-state index contributed by atoms with van der Waals surface area (Å²) >= 11 is 0. The number of urea groups is 1. The Labute approximate surface area is 84.0 Å². The molecule has 5 nitrogen and oxygen atoms in total. The van der Waals surface area contributed by atoms with E-state index in [1.54, 1.807) is 7.05 Å². The van der Waals surface area contributed by atoms with Crippen LogP contribution in [-0.2, 0) is 4.79 Å². The van der Waals surface area contributed by atoms with Crippen LogP contribution in [0.5, 0.6) is 0 Å². The summed E-state index contributed by atoms with van der Waals surface area (Å²) in [6, 6.07) is -0.175. The Kier molecular flexibility index (Phi) is 3.88. The third-order valence-electron chi connectivity index (χ3n) is 2.22. The minimum Gasteiger partial charge on any atom is -0.318 e. The molecule has 80 valence electrons. The predicted octanol–water partition coefficient (Wildman–Crippen LogP) is -0.120. The number of nitrogens with one attached hydrogen (secondary N) is 1. The maximum atomic E-state index is 11.4. The zero-order valence-electron chi connectivity index (χ0n) is 8.75. The lowest BCUT2D eigenvalue weighted by Gasteiger charge is -2.13. The summed E-state index contributed by atoms with van der Waals surface area (Å²) in [6.07, 6.45) is 0.819. The van der Waals surface area contributed by atoms with Crippen molar-refractivity contribution in [2.45, 2.75) is 13.3 Å². The summed E-state index contributed by atoms with van der Waals surface area (Å²) in [4.78, 5) is 25.4. The number of rotatable bonds is 5. The molecule has 0 aromatic heterocycles. The zero-order valence-corrected chi connectivity index (χ0v) is 8.75. The Hall–Kier alpha value is -1.10. The minimum absolute atomic E-state index is 0.0889. The van der Waals surface area contributed by atoms with Crippen LogP contribution >= 0.6 is 0 Å². The lowest BCUT2D eigenvalue weighted by molar-refractivity contribution is -0.125. The number of hydrogen-bond acceptors (Lipinski definition) is 3. The van der Waals surface area contributed by atoms with Gasteiger partial charge in [0, 0.05) is 13.6 Å². The normalized spacial score (nSPS) is 17.0. The molecule has 1 N–H and O–H groups in total. The number of carbonyl (C=O) groups is 2. The molecular formula is C9H17N3O2. The molecule has 1 fully saturated rings. The van der Waals surface area contributed by atoms with Crippen molar-refractivity contribution in [3.8, 4) is 0 Å². The molecule has 1 saturated heterocycles. The Bertz CT molecular complexity index is 230. The van der Waals surface area contributed by atoms with E-state index in [1.807, 2.05) is 6.92 Å². The summed E-state index contributed by atoms with van der Waals surface area (Å²) in [6.45, 7) is 4.54. The molecule has 0 spiro atoms. The van der Waals surface area contributed by atoms with E-state index >= 15 is 0 Å². The van der Waals surface area contributed by atoms with E-state index in [2.05, 4.69) is 5.32 Å². The van der Waals surface area contributed by atoms with Crippen molar-refractivity contribution in [3.05, 3.63) is 0 Å². The van der Waals surface area contributed by atoms with E-state index in [0.717, 1.165) is 19.5 Å². The monoisotopic (exact) mass is 199 g/mol. The Morgan fingerprint density at radius 1 is 1.43 bits per heavy atom. The van der Waals surface area contributed by atoms with Gasteiger partial charge in [-0.05, 0) is 19.5 Å². The molecule has 3 amide bonds. The van der Waals surface area contributed by atoms with Crippen LogP contribution < -0.4 is 5.32 Å². The van der Waals surface area contributed by atoms with Crippen LogP contribution in [0.25, 0.3) is 0 Å². The molecule has 0 radical (unpaired) electrons. The lowest BCUT2D eigenvalue weighted by atomic mass is 10.4. The molecule has 0 aliphatic carbocycles. The topological polar surface area (TPSA) is 52.7 Å². The fraction of sp³-hybridized carbons (Fsp3) is 0.778. The largest absolute Gasteiger partial charge is 0.326 e. The molecule has 0 atom stereocenters. The van der Waals surface area contributed by atoms with Gasteiger partial charge >= 0.3 is 6.03 Å². The van der Waals surface area contributed by atoms with Gasteiger partial charge in [0.25, 0.3) is 0 Å². The van der Waals surface area contributed by atoms with Crippen LogP contribution in [-0.4, -0.2) is 55.0 Å². The maximum absolute atomic E-state index is 11.4. The van der Waals surface area contributed by atoms with Crippen molar-refractivity contribution in [1.29, 1.82) is 0 Å². The molecular weight excluding hydrogens is 182 g/mol. The molecule has 1 aliphatic rings. The van der Waals surface area contributed by atoms with Crippen LogP contribution in [0.2, 0.25) is 0 Å². The number of hydrogen-bond donors (Lipinski definition) is 1.